The number of benzene rings is 1. The van der Waals surface area contributed by atoms with Crippen molar-refractivity contribution in [1.29, 1.82) is 0 Å². The van der Waals surface area contributed by atoms with Crippen molar-refractivity contribution in [3.05, 3.63) is 47.7 Å². The fourth-order valence-corrected chi connectivity index (χ4v) is 4.05. The van der Waals surface area contributed by atoms with E-state index in [0.29, 0.717) is 18.5 Å². The lowest BCUT2D eigenvalue weighted by Crippen LogP contribution is -2.54. The summed E-state index contributed by atoms with van der Waals surface area (Å²) in [4.78, 5) is 32.6. The number of imidazole rings is 1. The number of aromatic nitrogens is 4. The number of nitrogens with one attached hydrogen (secondary N) is 1. The van der Waals surface area contributed by atoms with Crippen LogP contribution >= 0.6 is 0 Å². The van der Waals surface area contributed by atoms with Crippen molar-refractivity contribution < 1.29 is 9.90 Å². The number of rotatable bonds is 4. The number of hydrogen-bond acceptors (Lipinski definition) is 6. The van der Waals surface area contributed by atoms with Crippen LogP contribution in [-0.2, 0) is 0 Å². The van der Waals surface area contributed by atoms with Gasteiger partial charge in [-0.25, -0.2) is 15.0 Å². The zero-order valence-corrected chi connectivity index (χ0v) is 17.0. The maximum absolute atomic E-state index is 13.0. The molecule has 2 aromatic heterocycles. The Morgan fingerprint density at radius 1 is 1.31 bits per heavy atom. The van der Waals surface area contributed by atoms with Crippen LogP contribution in [0.5, 0.6) is 0 Å². The molecule has 2 N–H and O–H groups in total. The summed E-state index contributed by atoms with van der Waals surface area (Å²) in [5, 5.41) is 11.2. The Morgan fingerprint density at radius 2 is 2.14 bits per heavy atom. The molecular formula is C21H26N6O2. The normalized spacial score (nSPS) is 19.5. The number of H-pyrrole nitrogens is 1. The Balaban J connectivity index is 1.48. The maximum Gasteiger partial charge on any atom is 0.253 e. The van der Waals surface area contributed by atoms with Gasteiger partial charge in [0, 0.05) is 37.5 Å². The minimum absolute atomic E-state index is 0.123. The van der Waals surface area contributed by atoms with E-state index in [2.05, 4.69) is 24.8 Å². The van der Waals surface area contributed by atoms with Gasteiger partial charge in [0.25, 0.3) is 5.91 Å². The van der Waals surface area contributed by atoms with Crippen LogP contribution in [0.1, 0.15) is 34.7 Å². The molecule has 0 spiro atoms. The number of nitrogens with zero attached hydrogens (tertiary/aromatic N) is 5. The number of β-amino-alcohol motifs (C(OH)–C–C–N with tert-alkyl or cyclic N) is 1. The highest BCUT2D eigenvalue weighted by atomic mass is 16.3. The van der Waals surface area contributed by atoms with E-state index in [-0.39, 0.29) is 12.5 Å². The maximum atomic E-state index is 13.0. The Bertz CT molecular complexity index is 1050. The summed E-state index contributed by atoms with van der Waals surface area (Å²) in [6.07, 6.45) is 3.02. The van der Waals surface area contributed by atoms with Gasteiger partial charge in [0.1, 0.15) is 18.0 Å². The van der Waals surface area contributed by atoms with E-state index in [1.54, 1.807) is 24.3 Å². The van der Waals surface area contributed by atoms with Gasteiger partial charge in [-0.05, 0) is 44.9 Å². The summed E-state index contributed by atoms with van der Waals surface area (Å²) in [6.45, 7) is 5.32. The molecule has 1 atom stereocenters. The molecule has 1 aliphatic rings. The zero-order chi connectivity index (χ0) is 20.6. The van der Waals surface area contributed by atoms with Gasteiger partial charge in [0.05, 0.1) is 23.2 Å². The number of carbonyl (C=O) groups is 1. The smallest absolute Gasteiger partial charge is 0.253 e. The molecule has 29 heavy (non-hydrogen) atoms. The van der Waals surface area contributed by atoms with Crippen molar-refractivity contribution in [2.45, 2.75) is 32.3 Å². The third kappa shape index (κ3) is 4.07. The lowest BCUT2D eigenvalue weighted by molar-refractivity contribution is -0.000136. The number of likely N-dealkylation sites (N-methyl/N-ethyl adjacent to an activating group) is 1. The zero-order valence-electron chi connectivity index (χ0n) is 17.0. The molecule has 4 rings (SSSR count). The minimum Gasteiger partial charge on any atom is -0.386 e. The summed E-state index contributed by atoms with van der Waals surface area (Å²) in [6, 6.07) is 7.36. The number of aromatic amines is 1. The molecule has 1 fully saturated rings. The Labute approximate surface area is 169 Å². The second kappa shape index (κ2) is 7.44. The van der Waals surface area contributed by atoms with Crippen LogP contribution in [0, 0.1) is 13.8 Å². The number of fused-ring (bicyclic) bond motifs is 1. The van der Waals surface area contributed by atoms with Gasteiger partial charge in [0.2, 0.25) is 0 Å². The average Bonchev–Trinajstić information content (AvgIpc) is 3.06. The highest BCUT2D eigenvalue weighted by Crippen LogP contribution is 2.26. The predicted octanol–water partition coefficient (Wildman–Crippen LogP) is 2.07. The van der Waals surface area contributed by atoms with E-state index in [4.69, 9.17) is 0 Å². The van der Waals surface area contributed by atoms with Gasteiger partial charge in [-0.1, -0.05) is 0 Å². The Morgan fingerprint density at radius 3 is 2.93 bits per heavy atom. The molecule has 0 unspecified atom stereocenters. The van der Waals surface area contributed by atoms with Gasteiger partial charge < -0.3 is 19.9 Å². The predicted molar refractivity (Wildman–Crippen MR) is 111 cm³/mol. The van der Waals surface area contributed by atoms with Crippen molar-refractivity contribution in [2.75, 3.05) is 31.6 Å². The first-order valence-electron chi connectivity index (χ1n) is 9.81. The van der Waals surface area contributed by atoms with E-state index < -0.39 is 5.60 Å². The van der Waals surface area contributed by atoms with Crippen molar-refractivity contribution in [1.82, 2.24) is 24.8 Å². The van der Waals surface area contributed by atoms with Gasteiger partial charge in [-0.3, -0.25) is 4.79 Å². The lowest BCUT2D eigenvalue weighted by Gasteiger charge is -2.41. The van der Waals surface area contributed by atoms with Gasteiger partial charge in [-0.2, -0.15) is 0 Å². The van der Waals surface area contributed by atoms with Crippen LogP contribution in [0.2, 0.25) is 0 Å². The number of piperidine rings is 1. The molecule has 1 aliphatic heterocycles. The highest BCUT2D eigenvalue weighted by molar-refractivity contribution is 5.97. The topological polar surface area (TPSA) is 98.2 Å². The summed E-state index contributed by atoms with van der Waals surface area (Å²) >= 11 is 0. The molecule has 8 heteroatoms. The summed E-state index contributed by atoms with van der Waals surface area (Å²) < 4.78 is 0. The highest BCUT2D eigenvalue weighted by Gasteiger charge is 2.36. The Kier molecular flexibility index (Phi) is 4.96. The number of hydrogen-bond donors (Lipinski definition) is 2. The summed E-state index contributed by atoms with van der Waals surface area (Å²) in [5.74, 6) is 1.50. The molecule has 8 nitrogen and oxygen atoms in total. The van der Waals surface area contributed by atoms with Crippen LogP contribution < -0.4 is 4.90 Å². The minimum atomic E-state index is -0.990. The third-order valence-electron chi connectivity index (χ3n) is 5.39. The molecule has 3 aromatic rings. The van der Waals surface area contributed by atoms with E-state index in [1.807, 2.05) is 32.0 Å². The number of carbonyl (C=O) groups excluding carboxylic acids is 1. The monoisotopic (exact) mass is 394 g/mol. The number of amides is 1. The SMILES string of the molecule is Cc1cc(N2CCC[C@](O)(CN(C)C(=O)c3ccc4nc(C)[nH]c4c3)C2)ncn1. The van der Waals surface area contributed by atoms with Crippen LogP contribution in [0.25, 0.3) is 11.0 Å². The average molecular weight is 394 g/mol. The van der Waals surface area contributed by atoms with Crippen molar-refractivity contribution in [3.8, 4) is 0 Å². The molecule has 152 valence electrons. The van der Waals surface area contributed by atoms with Gasteiger partial charge in [-0.15, -0.1) is 0 Å². The lowest BCUT2D eigenvalue weighted by atomic mass is 9.92. The van der Waals surface area contributed by atoms with Crippen LogP contribution in [0.4, 0.5) is 5.82 Å². The first kappa shape index (κ1) is 19.3. The molecule has 3 heterocycles. The molecule has 1 saturated heterocycles. The summed E-state index contributed by atoms with van der Waals surface area (Å²) in [7, 11) is 1.73. The molecule has 0 saturated carbocycles. The largest absolute Gasteiger partial charge is 0.386 e. The molecule has 0 aliphatic carbocycles. The fourth-order valence-electron chi connectivity index (χ4n) is 4.05. The molecule has 1 aromatic carbocycles. The number of aliphatic hydroxyl groups is 1. The first-order chi connectivity index (χ1) is 13.8. The van der Waals surface area contributed by atoms with Crippen LogP contribution in [0.3, 0.4) is 0 Å². The van der Waals surface area contributed by atoms with E-state index in [9.17, 15) is 9.90 Å². The fraction of sp³-hybridized carbons (Fsp3) is 0.429. The van der Waals surface area contributed by atoms with Gasteiger partial charge in [0.15, 0.2) is 0 Å². The first-order valence-corrected chi connectivity index (χ1v) is 9.81. The van der Waals surface area contributed by atoms with Crippen molar-refractivity contribution >= 4 is 22.8 Å². The van der Waals surface area contributed by atoms with E-state index in [1.165, 1.54) is 0 Å². The number of anilines is 1. The third-order valence-corrected chi connectivity index (χ3v) is 5.39. The molecule has 0 bridgehead atoms. The van der Waals surface area contributed by atoms with Crippen molar-refractivity contribution in [3.63, 3.8) is 0 Å². The Hall–Kier alpha value is -3.00. The quantitative estimate of drug-likeness (QED) is 0.703. The van der Waals surface area contributed by atoms with Crippen molar-refractivity contribution in [2.24, 2.45) is 0 Å². The van der Waals surface area contributed by atoms with Gasteiger partial charge >= 0.3 is 0 Å². The van der Waals surface area contributed by atoms with Crippen LogP contribution in [0.15, 0.2) is 30.6 Å². The molecular weight excluding hydrogens is 368 g/mol. The van der Waals surface area contributed by atoms with Crippen LogP contribution in [-0.4, -0.2) is 68.1 Å². The molecule has 0 radical (unpaired) electrons. The standard InChI is InChI=1S/C21H26N6O2/c1-14-9-19(23-13-22-14)27-8-4-7-21(29,12-27)11-26(3)20(28)16-5-6-17-18(10-16)25-15(2)24-17/h5-6,9-10,13,29H,4,7-8,11-12H2,1-3H3,(H,24,25)/t21-/m0/s1. The molecule has 1 amide bonds. The second-order valence-corrected chi connectivity index (χ2v) is 7.98. The van der Waals surface area contributed by atoms with E-state index >= 15 is 0 Å². The number of aryl methyl sites for hydroxylation is 2. The second-order valence-electron chi connectivity index (χ2n) is 7.98. The summed E-state index contributed by atoms with van der Waals surface area (Å²) in [5.41, 5.74) is 2.15. The van der Waals surface area contributed by atoms with E-state index in [0.717, 1.165) is 41.3 Å².